The van der Waals surface area contributed by atoms with Crippen molar-refractivity contribution in [3.8, 4) is 11.4 Å². The number of hydrogen-bond donors (Lipinski definition) is 0. The zero-order valence-electron chi connectivity index (χ0n) is 9.58. The average molecular weight is 250 g/mol. The summed E-state index contributed by atoms with van der Waals surface area (Å²) in [4.78, 5) is 4.56. The van der Waals surface area contributed by atoms with Gasteiger partial charge in [0.2, 0.25) is 0 Å². The molecule has 0 spiro atoms. The number of thiophene rings is 1. The second-order valence-electron chi connectivity index (χ2n) is 4.22. The number of benzene rings is 1. The van der Waals surface area contributed by atoms with Crippen LogP contribution >= 0.6 is 11.3 Å². The largest absolute Gasteiger partial charge is 0.300 e. The van der Waals surface area contributed by atoms with Crippen molar-refractivity contribution in [1.29, 1.82) is 0 Å². The highest BCUT2D eigenvalue weighted by Crippen LogP contribution is 2.33. The van der Waals surface area contributed by atoms with Crippen molar-refractivity contribution in [2.24, 2.45) is 0 Å². The van der Waals surface area contributed by atoms with Crippen molar-refractivity contribution in [2.75, 3.05) is 0 Å². The fourth-order valence-corrected chi connectivity index (χ4v) is 3.23. The van der Waals surface area contributed by atoms with Crippen molar-refractivity contribution in [2.45, 2.75) is 0 Å². The maximum Gasteiger partial charge on any atom is 0.145 e. The fourth-order valence-electron chi connectivity index (χ4n) is 2.29. The highest BCUT2D eigenvalue weighted by molar-refractivity contribution is 7.17. The summed E-state index contributed by atoms with van der Waals surface area (Å²) in [6.45, 7) is 0. The molecule has 0 radical (unpaired) electrons. The van der Waals surface area contributed by atoms with Gasteiger partial charge in [0.15, 0.2) is 0 Å². The van der Waals surface area contributed by atoms with Gasteiger partial charge in [-0.15, -0.1) is 11.3 Å². The lowest BCUT2D eigenvalue weighted by Gasteiger charge is -1.99. The number of aromatic nitrogens is 2. The van der Waals surface area contributed by atoms with Crippen LogP contribution in [0, 0.1) is 0 Å². The first kappa shape index (κ1) is 9.85. The maximum atomic E-state index is 4.56. The molecule has 1 aromatic carbocycles. The van der Waals surface area contributed by atoms with Crippen LogP contribution in [0.25, 0.3) is 27.0 Å². The Kier molecular flexibility index (Phi) is 2.02. The minimum absolute atomic E-state index is 1.02. The van der Waals surface area contributed by atoms with Gasteiger partial charge in [0.1, 0.15) is 5.82 Å². The summed E-state index contributed by atoms with van der Waals surface area (Å²) < 4.78 is 3.44. The number of pyridine rings is 1. The summed E-state index contributed by atoms with van der Waals surface area (Å²) in [5, 5.41) is 3.46. The van der Waals surface area contributed by atoms with E-state index < -0.39 is 0 Å². The second-order valence-corrected chi connectivity index (χ2v) is 5.13. The average Bonchev–Trinajstić information content (AvgIpc) is 3.01. The van der Waals surface area contributed by atoms with Crippen LogP contribution in [0.5, 0.6) is 0 Å². The van der Waals surface area contributed by atoms with Crippen LogP contribution in [-0.4, -0.2) is 9.38 Å². The highest BCUT2D eigenvalue weighted by Gasteiger charge is 2.10. The Bertz CT molecular complexity index is 770. The van der Waals surface area contributed by atoms with E-state index in [9.17, 15) is 0 Å². The lowest BCUT2D eigenvalue weighted by molar-refractivity contribution is 1.17. The highest BCUT2D eigenvalue weighted by atomic mass is 32.1. The van der Waals surface area contributed by atoms with Crippen molar-refractivity contribution >= 4 is 26.9 Å². The molecular formula is C15H10N2S. The van der Waals surface area contributed by atoms with E-state index in [1.54, 1.807) is 11.3 Å². The molecule has 0 saturated carbocycles. The van der Waals surface area contributed by atoms with Crippen LogP contribution in [0.1, 0.15) is 0 Å². The summed E-state index contributed by atoms with van der Waals surface area (Å²) in [6.07, 6.45) is 3.98. The molecule has 0 aliphatic carbocycles. The second kappa shape index (κ2) is 3.68. The van der Waals surface area contributed by atoms with Crippen molar-refractivity contribution in [3.63, 3.8) is 0 Å². The fraction of sp³-hybridized carbons (Fsp3) is 0. The number of fused-ring (bicyclic) bond motifs is 2. The lowest BCUT2D eigenvalue weighted by atomic mass is 10.2. The lowest BCUT2D eigenvalue weighted by Crippen LogP contribution is -1.87. The molecule has 0 atom stereocenters. The molecule has 3 heterocycles. The van der Waals surface area contributed by atoms with Gasteiger partial charge < -0.3 is 0 Å². The third-order valence-electron chi connectivity index (χ3n) is 3.16. The molecule has 2 nitrogen and oxygen atoms in total. The molecule has 0 amide bonds. The minimum Gasteiger partial charge on any atom is -0.300 e. The summed E-state index contributed by atoms with van der Waals surface area (Å²) in [7, 11) is 0. The third-order valence-corrected chi connectivity index (χ3v) is 4.12. The molecule has 3 heteroatoms. The SMILES string of the molecule is c1ccc2c(-c3ncc4ccccn34)csc2c1. The molecular weight excluding hydrogens is 240 g/mol. The van der Waals surface area contributed by atoms with E-state index in [4.69, 9.17) is 0 Å². The van der Waals surface area contributed by atoms with Crippen LogP contribution in [0.4, 0.5) is 0 Å². The van der Waals surface area contributed by atoms with Crippen LogP contribution < -0.4 is 0 Å². The smallest absolute Gasteiger partial charge is 0.145 e. The first-order valence-electron chi connectivity index (χ1n) is 5.82. The van der Waals surface area contributed by atoms with Crippen LogP contribution in [0.3, 0.4) is 0 Å². The summed E-state index contributed by atoms with van der Waals surface area (Å²) in [5.74, 6) is 1.02. The molecule has 0 aliphatic heterocycles. The van der Waals surface area contributed by atoms with Gasteiger partial charge in [0.25, 0.3) is 0 Å². The Morgan fingerprint density at radius 2 is 1.89 bits per heavy atom. The van der Waals surface area contributed by atoms with Crippen molar-refractivity contribution < 1.29 is 0 Å². The Labute approximate surface area is 108 Å². The molecule has 4 aromatic rings. The van der Waals surface area contributed by atoms with Gasteiger partial charge in [0, 0.05) is 27.2 Å². The standard InChI is InChI=1S/C15H10N2S/c1-2-7-14-12(6-1)13(10-18-14)15-16-9-11-5-3-4-8-17(11)15/h1-10H. The molecule has 18 heavy (non-hydrogen) atoms. The normalized spacial score (nSPS) is 11.3. The molecule has 0 aliphatic rings. The first-order valence-corrected chi connectivity index (χ1v) is 6.70. The van der Waals surface area contributed by atoms with E-state index in [2.05, 4.69) is 51.3 Å². The Morgan fingerprint density at radius 3 is 2.89 bits per heavy atom. The van der Waals surface area contributed by atoms with Crippen LogP contribution in [0.15, 0.2) is 60.2 Å². The monoisotopic (exact) mass is 250 g/mol. The van der Waals surface area contributed by atoms with Gasteiger partial charge in [-0.1, -0.05) is 24.3 Å². The van der Waals surface area contributed by atoms with Gasteiger partial charge >= 0.3 is 0 Å². The molecule has 0 fully saturated rings. The van der Waals surface area contributed by atoms with E-state index in [0.717, 1.165) is 11.3 Å². The Morgan fingerprint density at radius 1 is 1.00 bits per heavy atom. The predicted octanol–water partition coefficient (Wildman–Crippen LogP) is 4.22. The van der Waals surface area contributed by atoms with Gasteiger partial charge in [-0.25, -0.2) is 4.98 Å². The quantitative estimate of drug-likeness (QED) is 0.494. The van der Waals surface area contributed by atoms with Crippen molar-refractivity contribution in [3.05, 3.63) is 60.2 Å². The zero-order chi connectivity index (χ0) is 11.9. The molecule has 4 rings (SSSR count). The van der Waals surface area contributed by atoms with Crippen LogP contribution in [-0.2, 0) is 0 Å². The van der Waals surface area contributed by atoms with E-state index in [0.29, 0.717) is 0 Å². The summed E-state index contributed by atoms with van der Waals surface area (Å²) in [6, 6.07) is 14.6. The van der Waals surface area contributed by atoms with Crippen molar-refractivity contribution in [1.82, 2.24) is 9.38 Å². The number of imidazole rings is 1. The van der Waals surface area contributed by atoms with Gasteiger partial charge in [-0.05, 0) is 18.2 Å². The Hall–Kier alpha value is -2.13. The van der Waals surface area contributed by atoms with E-state index in [1.165, 1.54) is 15.6 Å². The van der Waals surface area contributed by atoms with Crippen LogP contribution in [0.2, 0.25) is 0 Å². The number of rotatable bonds is 1. The number of nitrogens with zero attached hydrogens (tertiary/aromatic N) is 2. The molecule has 3 aromatic heterocycles. The molecule has 0 N–H and O–H groups in total. The van der Waals surface area contributed by atoms with E-state index in [1.807, 2.05) is 18.3 Å². The topological polar surface area (TPSA) is 17.3 Å². The predicted molar refractivity (Wildman–Crippen MR) is 76.0 cm³/mol. The third kappa shape index (κ3) is 1.31. The van der Waals surface area contributed by atoms with E-state index in [-0.39, 0.29) is 0 Å². The van der Waals surface area contributed by atoms with Gasteiger partial charge in [-0.3, -0.25) is 4.40 Å². The minimum atomic E-state index is 1.02. The Balaban J connectivity index is 2.08. The first-order chi connectivity index (χ1) is 8.93. The molecule has 86 valence electrons. The zero-order valence-corrected chi connectivity index (χ0v) is 10.4. The molecule has 0 bridgehead atoms. The number of hydrogen-bond acceptors (Lipinski definition) is 2. The summed E-state index contributed by atoms with van der Waals surface area (Å²) >= 11 is 1.77. The molecule has 0 unspecified atom stereocenters. The van der Waals surface area contributed by atoms with E-state index >= 15 is 0 Å². The maximum absolute atomic E-state index is 4.56. The molecule has 0 saturated heterocycles. The summed E-state index contributed by atoms with van der Waals surface area (Å²) in [5.41, 5.74) is 2.34. The van der Waals surface area contributed by atoms with Gasteiger partial charge in [0.05, 0.1) is 11.7 Å². The van der Waals surface area contributed by atoms with Gasteiger partial charge in [-0.2, -0.15) is 0 Å².